The van der Waals surface area contributed by atoms with Gasteiger partial charge in [0.15, 0.2) is 5.78 Å². The van der Waals surface area contributed by atoms with Gasteiger partial charge in [-0.05, 0) is 19.8 Å². The lowest BCUT2D eigenvalue weighted by molar-refractivity contribution is -0.163. The van der Waals surface area contributed by atoms with Crippen molar-refractivity contribution in [3.63, 3.8) is 0 Å². The number of ether oxygens (including phenoxy) is 1. The summed E-state index contributed by atoms with van der Waals surface area (Å²) >= 11 is 1.47. The second-order valence-corrected chi connectivity index (χ2v) is 9.42. The van der Waals surface area contributed by atoms with E-state index in [1.807, 2.05) is 6.92 Å². The average molecular weight is 423 g/mol. The van der Waals surface area contributed by atoms with Gasteiger partial charge >= 0.3 is 6.16 Å². The van der Waals surface area contributed by atoms with Gasteiger partial charge in [-0.15, -0.1) is 11.8 Å². The number of carbonyl (C=O) groups is 3. The molecular formula is C19H25N3O6S. The number of carbonyl (C=O) groups excluding carboxylic acids is 2. The number of aliphatic hydroxyl groups is 1. The molecular weight excluding hydrogens is 398 g/mol. The van der Waals surface area contributed by atoms with Gasteiger partial charge in [0.1, 0.15) is 0 Å². The van der Waals surface area contributed by atoms with Crippen LogP contribution in [0.3, 0.4) is 0 Å². The summed E-state index contributed by atoms with van der Waals surface area (Å²) in [5.41, 5.74) is 0. The summed E-state index contributed by atoms with van der Waals surface area (Å²) in [6, 6.07) is -0.548. The van der Waals surface area contributed by atoms with Crippen LogP contribution in [0.5, 0.6) is 0 Å². The van der Waals surface area contributed by atoms with Crippen LogP contribution in [-0.4, -0.2) is 75.7 Å². The standard InChI is InChI=1S/C19H25N3O6S/c1-8-14-13(9(2)23)17(25)22(14)18(28-19(26)27)16(8)29-11-5-12(21-7-11)15(24)10-3-4-20-6-10/h6,8-14,21,23H,3-5,7H2,1-2H3,(H,26,27)/t8?,9?,10?,11?,12?,13?,14-/m1/s1. The molecule has 4 aliphatic rings. The van der Waals surface area contributed by atoms with E-state index in [1.165, 1.54) is 16.7 Å². The number of nitrogens with one attached hydrogen (secondary N) is 1. The van der Waals surface area contributed by atoms with Crippen molar-refractivity contribution in [3.05, 3.63) is 10.8 Å². The molecule has 2 saturated heterocycles. The molecule has 2 fully saturated rings. The Morgan fingerprint density at radius 1 is 1.45 bits per heavy atom. The lowest BCUT2D eigenvalue weighted by Crippen LogP contribution is -2.63. The third kappa shape index (κ3) is 3.47. The van der Waals surface area contributed by atoms with Crippen molar-refractivity contribution >= 4 is 35.8 Å². The molecule has 0 spiro atoms. The number of carboxylic acid groups (broad SMARTS) is 1. The topological polar surface area (TPSA) is 129 Å². The normalized spacial score (nSPS) is 36.9. The smallest absolute Gasteiger partial charge is 0.449 e. The fourth-order valence-corrected chi connectivity index (χ4v) is 6.18. The SMILES string of the molecule is CC(O)C1C(=O)N2C(OC(=O)O)=C(SC3CNC(C(=O)C4C=NCC4)C3)C(C)[C@H]12. The number of ketones is 1. The molecule has 0 radical (unpaired) electrons. The third-order valence-corrected chi connectivity index (χ3v) is 7.69. The zero-order chi connectivity index (χ0) is 20.9. The molecule has 0 aliphatic carbocycles. The molecule has 0 aromatic heterocycles. The predicted molar refractivity (Wildman–Crippen MR) is 105 cm³/mol. The molecule has 9 nitrogen and oxygen atoms in total. The number of Topliss-reactive ketones (excluding diaryl/α,β-unsaturated/α-hetero) is 1. The van der Waals surface area contributed by atoms with Crippen LogP contribution in [0, 0.1) is 17.8 Å². The van der Waals surface area contributed by atoms with Gasteiger partial charge in [0.2, 0.25) is 11.8 Å². The van der Waals surface area contributed by atoms with Crippen LogP contribution in [-0.2, 0) is 14.3 Å². The molecule has 3 N–H and O–H groups in total. The minimum absolute atomic E-state index is 0.0552. The average Bonchev–Trinajstić information content (AvgIpc) is 3.36. The zero-order valence-electron chi connectivity index (χ0n) is 16.3. The van der Waals surface area contributed by atoms with E-state index in [2.05, 4.69) is 10.3 Å². The summed E-state index contributed by atoms with van der Waals surface area (Å²) in [6.45, 7) is 4.79. The number of β-lactam (4-membered cyclic amide) rings is 1. The largest absolute Gasteiger partial charge is 0.512 e. The molecule has 29 heavy (non-hydrogen) atoms. The molecule has 0 aromatic carbocycles. The molecule has 4 heterocycles. The maximum absolute atomic E-state index is 12.6. The summed E-state index contributed by atoms with van der Waals surface area (Å²) < 4.78 is 4.99. The highest BCUT2D eigenvalue weighted by Gasteiger charge is 2.60. The second-order valence-electron chi connectivity index (χ2n) is 8.08. The fraction of sp³-hybridized carbons (Fsp3) is 0.684. The number of aliphatic imine (C=N–C) groups is 1. The van der Waals surface area contributed by atoms with Crippen molar-refractivity contribution in [1.29, 1.82) is 0 Å². The minimum Gasteiger partial charge on any atom is -0.449 e. The first-order chi connectivity index (χ1) is 13.8. The van der Waals surface area contributed by atoms with E-state index < -0.39 is 18.2 Å². The van der Waals surface area contributed by atoms with Crippen LogP contribution < -0.4 is 5.32 Å². The van der Waals surface area contributed by atoms with Crippen molar-refractivity contribution < 1.29 is 29.3 Å². The fourth-order valence-electron chi connectivity index (χ4n) is 4.76. The van der Waals surface area contributed by atoms with E-state index >= 15 is 0 Å². The molecule has 7 atom stereocenters. The summed E-state index contributed by atoms with van der Waals surface area (Å²) in [5.74, 6) is -0.950. The Balaban J connectivity index is 1.48. The molecule has 1 amide bonds. The number of hydrogen-bond donors (Lipinski definition) is 3. The summed E-state index contributed by atoms with van der Waals surface area (Å²) in [6.07, 6.45) is 0.829. The van der Waals surface area contributed by atoms with E-state index in [-0.39, 0.29) is 46.7 Å². The Bertz CT molecular complexity index is 797. The number of fused-ring (bicyclic) bond motifs is 1. The third-order valence-electron chi connectivity index (χ3n) is 6.20. The lowest BCUT2D eigenvalue weighted by atomic mass is 9.79. The van der Waals surface area contributed by atoms with Gasteiger partial charge in [0.05, 0.1) is 34.9 Å². The van der Waals surface area contributed by atoms with Gasteiger partial charge in [-0.25, -0.2) is 4.79 Å². The van der Waals surface area contributed by atoms with E-state index in [4.69, 9.17) is 9.84 Å². The number of rotatable bonds is 6. The van der Waals surface area contributed by atoms with Crippen molar-refractivity contribution in [2.24, 2.45) is 22.7 Å². The van der Waals surface area contributed by atoms with E-state index in [9.17, 15) is 19.5 Å². The van der Waals surface area contributed by atoms with E-state index in [1.54, 1.807) is 13.1 Å². The van der Waals surface area contributed by atoms with Crippen LogP contribution in [0.25, 0.3) is 0 Å². The first kappa shape index (κ1) is 20.4. The quantitative estimate of drug-likeness (QED) is 0.423. The highest BCUT2D eigenvalue weighted by Crippen LogP contribution is 2.52. The molecule has 6 unspecified atom stereocenters. The number of thioether (sulfide) groups is 1. The van der Waals surface area contributed by atoms with Gasteiger partial charge < -0.3 is 20.3 Å². The highest BCUT2D eigenvalue weighted by atomic mass is 32.2. The number of aliphatic hydroxyl groups excluding tert-OH is 1. The predicted octanol–water partition coefficient (Wildman–Crippen LogP) is 0.831. The van der Waals surface area contributed by atoms with Crippen molar-refractivity contribution in [1.82, 2.24) is 10.2 Å². The maximum Gasteiger partial charge on any atom is 0.512 e. The van der Waals surface area contributed by atoms with Crippen molar-refractivity contribution in [2.45, 2.75) is 50.1 Å². The molecule has 0 bridgehead atoms. The van der Waals surface area contributed by atoms with E-state index in [0.717, 1.165) is 6.42 Å². The Kier molecular flexibility index (Phi) is 5.43. The highest BCUT2D eigenvalue weighted by molar-refractivity contribution is 8.03. The monoisotopic (exact) mass is 423 g/mol. The summed E-state index contributed by atoms with van der Waals surface area (Å²) in [5, 5.41) is 22.4. The van der Waals surface area contributed by atoms with Crippen LogP contribution >= 0.6 is 11.8 Å². The first-order valence-corrected chi connectivity index (χ1v) is 10.8. The Hall–Kier alpha value is -1.91. The Morgan fingerprint density at radius 3 is 2.83 bits per heavy atom. The zero-order valence-corrected chi connectivity index (χ0v) is 17.1. The lowest BCUT2D eigenvalue weighted by Gasteiger charge is -2.45. The Labute approximate surface area is 172 Å². The van der Waals surface area contributed by atoms with Crippen LogP contribution in [0.4, 0.5) is 4.79 Å². The van der Waals surface area contributed by atoms with Crippen LogP contribution in [0.2, 0.25) is 0 Å². The van der Waals surface area contributed by atoms with E-state index in [0.29, 0.717) is 24.4 Å². The molecule has 0 aromatic rings. The number of amides is 1. The summed E-state index contributed by atoms with van der Waals surface area (Å²) in [4.78, 5) is 42.5. The van der Waals surface area contributed by atoms with Crippen molar-refractivity contribution in [3.8, 4) is 0 Å². The molecule has 10 heteroatoms. The van der Waals surface area contributed by atoms with Gasteiger partial charge in [-0.3, -0.25) is 19.5 Å². The molecule has 4 rings (SSSR count). The van der Waals surface area contributed by atoms with Gasteiger partial charge in [0.25, 0.3) is 0 Å². The van der Waals surface area contributed by atoms with Gasteiger partial charge in [0, 0.05) is 30.5 Å². The van der Waals surface area contributed by atoms with Crippen LogP contribution in [0.1, 0.15) is 26.7 Å². The van der Waals surface area contributed by atoms with Crippen LogP contribution in [0.15, 0.2) is 15.8 Å². The second kappa shape index (κ2) is 7.73. The minimum atomic E-state index is -1.47. The number of hydrogen-bond acceptors (Lipinski definition) is 8. The number of nitrogens with zero attached hydrogens (tertiary/aromatic N) is 2. The molecule has 0 saturated carbocycles. The first-order valence-electron chi connectivity index (χ1n) is 9.89. The van der Waals surface area contributed by atoms with Gasteiger partial charge in [-0.1, -0.05) is 6.92 Å². The molecule has 158 valence electrons. The van der Waals surface area contributed by atoms with Gasteiger partial charge in [-0.2, -0.15) is 0 Å². The molecule has 4 aliphatic heterocycles. The van der Waals surface area contributed by atoms with Crippen molar-refractivity contribution in [2.75, 3.05) is 13.1 Å². The summed E-state index contributed by atoms with van der Waals surface area (Å²) in [7, 11) is 0. The Morgan fingerprint density at radius 2 is 2.21 bits per heavy atom. The maximum atomic E-state index is 12.6.